The van der Waals surface area contributed by atoms with Gasteiger partial charge in [-0.1, -0.05) is 0 Å². The molecule has 0 unspecified atom stereocenters. The molecule has 2 aliphatic heterocycles. The summed E-state index contributed by atoms with van der Waals surface area (Å²) in [4.78, 5) is 19.5. The zero-order valence-electron chi connectivity index (χ0n) is 19.8. The Kier molecular flexibility index (Phi) is 6.40. The lowest BCUT2D eigenvalue weighted by Crippen LogP contribution is -2.61. The number of nitrogens with zero attached hydrogens (tertiary/aromatic N) is 6. The highest BCUT2D eigenvalue weighted by Crippen LogP contribution is 2.43. The maximum atomic E-state index is 12.6. The van der Waals surface area contributed by atoms with Gasteiger partial charge in [0, 0.05) is 67.9 Å². The first-order chi connectivity index (χ1) is 17.5. The van der Waals surface area contributed by atoms with Crippen molar-refractivity contribution < 1.29 is 26.3 Å². The van der Waals surface area contributed by atoms with Gasteiger partial charge in [0.05, 0.1) is 6.26 Å². The molecule has 3 aromatic heterocycles. The number of hydrogen-bond donors (Lipinski definition) is 1. The van der Waals surface area contributed by atoms with Gasteiger partial charge in [-0.2, -0.15) is 0 Å². The number of nitrogens with one attached hydrogen (secondary N) is 1. The highest BCUT2D eigenvalue weighted by Gasteiger charge is 2.46. The van der Waals surface area contributed by atoms with Crippen LogP contribution in [0.15, 0.2) is 48.9 Å². The fourth-order valence-corrected chi connectivity index (χ4v) is 5.47. The van der Waals surface area contributed by atoms with Crippen LogP contribution in [0.5, 0.6) is 5.75 Å². The van der Waals surface area contributed by atoms with E-state index >= 15 is 0 Å². The molecule has 1 spiro atoms. The summed E-state index contributed by atoms with van der Waals surface area (Å²) in [6, 6.07) is 7.51. The first kappa shape index (κ1) is 25.1. The van der Waals surface area contributed by atoms with Gasteiger partial charge in [0.2, 0.25) is 10.0 Å². The molecule has 14 heteroatoms. The van der Waals surface area contributed by atoms with Gasteiger partial charge in [-0.05, 0) is 31.0 Å². The molecular weight excluding hydrogens is 511 g/mol. The second-order valence-corrected chi connectivity index (χ2v) is 11.2. The molecule has 0 atom stereocenters. The standard InChI is InChI=1S/C23H24F3N7O3S/c1-37(34,35)33-9-5-22(6-10-33)14-32(15-22)20-12-19(30-21(31-20)16-3-2-7-27-13-16)29-18-11-17(4-8-28-18)36-23(24,25)26/h2-4,7-8,11-13H,5-6,9-10,14-15H2,1H3,(H,28,29,30,31). The van der Waals surface area contributed by atoms with E-state index in [4.69, 9.17) is 4.98 Å². The number of alkyl halides is 3. The van der Waals surface area contributed by atoms with Crippen molar-refractivity contribution in [3.63, 3.8) is 0 Å². The topological polar surface area (TPSA) is 113 Å². The van der Waals surface area contributed by atoms with Gasteiger partial charge in [-0.3, -0.25) is 4.98 Å². The Bertz CT molecular complexity index is 1370. The van der Waals surface area contributed by atoms with Crippen LogP contribution in [0.1, 0.15) is 12.8 Å². The van der Waals surface area contributed by atoms with Crippen LogP contribution < -0.4 is 15.0 Å². The van der Waals surface area contributed by atoms with Crippen molar-refractivity contribution in [2.24, 2.45) is 5.41 Å². The highest BCUT2D eigenvalue weighted by atomic mass is 32.2. The van der Waals surface area contributed by atoms with Crippen molar-refractivity contribution in [3.8, 4) is 17.1 Å². The van der Waals surface area contributed by atoms with E-state index in [2.05, 4.69) is 29.9 Å². The van der Waals surface area contributed by atoms with E-state index in [0.29, 0.717) is 49.2 Å². The van der Waals surface area contributed by atoms with Crippen LogP contribution >= 0.6 is 0 Å². The molecule has 5 heterocycles. The Hall–Kier alpha value is -3.52. The highest BCUT2D eigenvalue weighted by molar-refractivity contribution is 7.88. The summed E-state index contributed by atoms with van der Waals surface area (Å²) in [5.74, 6) is 1.08. The predicted molar refractivity (Wildman–Crippen MR) is 130 cm³/mol. The Labute approximate surface area is 211 Å². The summed E-state index contributed by atoms with van der Waals surface area (Å²) in [5, 5.41) is 2.95. The molecule has 0 aromatic carbocycles. The van der Waals surface area contributed by atoms with Crippen LogP contribution in [-0.2, 0) is 10.0 Å². The van der Waals surface area contributed by atoms with Crippen LogP contribution in [0.25, 0.3) is 11.4 Å². The number of piperidine rings is 1. The average Bonchev–Trinajstić information content (AvgIpc) is 2.81. The molecule has 0 amide bonds. The smallest absolute Gasteiger partial charge is 0.406 e. The Morgan fingerprint density at radius 3 is 2.46 bits per heavy atom. The van der Waals surface area contributed by atoms with Gasteiger partial charge >= 0.3 is 6.36 Å². The van der Waals surface area contributed by atoms with Crippen molar-refractivity contribution in [2.75, 3.05) is 42.7 Å². The van der Waals surface area contributed by atoms with E-state index in [9.17, 15) is 21.6 Å². The van der Waals surface area contributed by atoms with Gasteiger partial charge in [-0.15, -0.1) is 13.2 Å². The van der Waals surface area contributed by atoms with Crippen LogP contribution in [0.4, 0.5) is 30.6 Å². The molecule has 2 fully saturated rings. The van der Waals surface area contributed by atoms with E-state index in [1.165, 1.54) is 16.8 Å². The van der Waals surface area contributed by atoms with Gasteiger partial charge < -0.3 is 15.0 Å². The third-order valence-corrected chi connectivity index (χ3v) is 7.79. The Morgan fingerprint density at radius 1 is 1.05 bits per heavy atom. The minimum atomic E-state index is -4.82. The number of anilines is 3. The first-order valence-electron chi connectivity index (χ1n) is 11.5. The summed E-state index contributed by atoms with van der Waals surface area (Å²) in [6.07, 6.45) is 2.39. The van der Waals surface area contributed by atoms with Crippen LogP contribution in [0.2, 0.25) is 0 Å². The van der Waals surface area contributed by atoms with E-state index in [0.717, 1.165) is 25.0 Å². The monoisotopic (exact) mass is 535 g/mol. The largest absolute Gasteiger partial charge is 0.573 e. The molecule has 5 rings (SSSR count). The fraction of sp³-hybridized carbons (Fsp3) is 0.391. The number of aromatic nitrogens is 4. The summed E-state index contributed by atoms with van der Waals surface area (Å²) in [7, 11) is -3.20. The van der Waals surface area contributed by atoms with Crippen LogP contribution in [-0.4, -0.2) is 71.5 Å². The number of ether oxygens (including phenoxy) is 1. The Morgan fingerprint density at radius 2 is 1.81 bits per heavy atom. The number of sulfonamides is 1. The van der Waals surface area contributed by atoms with Crippen molar-refractivity contribution in [1.82, 2.24) is 24.2 Å². The van der Waals surface area contributed by atoms with Crippen molar-refractivity contribution >= 4 is 27.5 Å². The summed E-state index contributed by atoms with van der Waals surface area (Å²) in [6.45, 7) is 2.40. The summed E-state index contributed by atoms with van der Waals surface area (Å²) < 4.78 is 67.1. The molecule has 2 aliphatic rings. The number of rotatable bonds is 6. The summed E-state index contributed by atoms with van der Waals surface area (Å²) >= 11 is 0. The lowest BCUT2D eigenvalue weighted by Gasteiger charge is -2.54. The molecule has 37 heavy (non-hydrogen) atoms. The first-order valence-corrected chi connectivity index (χ1v) is 13.3. The van der Waals surface area contributed by atoms with E-state index in [1.807, 2.05) is 6.07 Å². The van der Waals surface area contributed by atoms with Crippen molar-refractivity contribution in [3.05, 3.63) is 48.9 Å². The molecule has 3 aromatic rings. The predicted octanol–water partition coefficient (Wildman–Crippen LogP) is 3.44. The summed E-state index contributed by atoms with van der Waals surface area (Å²) in [5.41, 5.74) is 0.685. The minimum Gasteiger partial charge on any atom is -0.406 e. The zero-order chi connectivity index (χ0) is 26.3. The zero-order valence-corrected chi connectivity index (χ0v) is 20.6. The van der Waals surface area contributed by atoms with E-state index in [-0.39, 0.29) is 11.2 Å². The van der Waals surface area contributed by atoms with Crippen LogP contribution in [0.3, 0.4) is 0 Å². The van der Waals surface area contributed by atoms with E-state index in [1.54, 1.807) is 24.5 Å². The Balaban J connectivity index is 1.37. The molecule has 0 bridgehead atoms. The van der Waals surface area contributed by atoms with E-state index < -0.39 is 22.1 Å². The number of pyridine rings is 2. The van der Waals surface area contributed by atoms with Gasteiger partial charge in [0.1, 0.15) is 23.2 Å². The van der Waals surface area contributed by atoms with Gasteiger partial charge in [0.25, 0.3) is 0 Å². The second kappa shape index (κ2) is 9.41. The second-order valence-electron chi connectivity index (χ2n) is 9.24. The fourth-order valence-electron chi connectivity index (χ4n) is 4.63. The molecule has 196 valence electrons. The van der Waals surface area contributed by atoms with Crippen molar-refractivity contribution in [1.29, 1.82) is 0 Å². The third-order valence-electron chi connectivity index (χ3n) is 6.48. The normalized spacial score (nSPS) is 17.9. The van der Waals surface area contributed by atoms with Crippen LogP contribution in [0, 0.1) is 5.41 Å². The molecule has 0 radical (unpaired) electrons. The molecule has 1 N–H and O–H groups in total. The molecule has 0 aliphatic carbocycles. The molecule has 2 saturated heterocycles. The molecular formula is C23H24F3N7O3S. The SMILES string of the molecule is CS(=O)(=O)N1CCC2(CC1)CN(c1cc(Nc3cc(OC(F)(F)F)ccn3)nc(-c3cccnc3)n1)C2. The van der Waals surface area contributed by atoms with Gasteiger partial charge in [0.15, 0.2) is 5.82 Å². The maximum Gasteiger partial charge on any atom is 0.573 e. The quantitative estimate of drug-likeness (QED) is 0.507. The van der Waals surface area contributed by atoms with Crippen molar-refractivity contribution in [2.45, 2.75) is 19.2 Å². The third kappa shape index (κ3) is 5.91. The number of hydrogen-bond acceptors (Lipinski definition) is 9. The molecule has 0 saturated carbocycles. The number of halogens is 3. The molecule has 10 nitrogen and oxygen atoms in total. The average molecular weight is 536 g/mol. The maximum absolute atomic E-state index is 12.6. The minimum absolute atomic E-state index is 0.0129. The van der Waals surface area contributed by atoms with Gasteiger partial charge in [-0.25, -0.2) is 27.7 Å². The lowest BCUT2D eigenvalue weighted by atomic mass is 9.72. The lowest BCUT2D eigenvalue weighted by molar-refractivity contribution is -0.274.